The molecule has 0 aliphatic heterocycles. The molecule has 8 nitrogen and oxygen atoms in total. The van der Waals surface area contributed by atoms with Crippen molar-refractivity contribution in [3.63, 3.8) is 0 Å². The van der Waals surface area contributed by atoms with Crippen LogP contribution < -0.4 is 21.3 Å². The van der Waals surface area contributed by atoms with Crippen molar-refractivity contribution in [3.8, 4) is 11.5 Å². The first-order chi connectivity index (χ1) is 11.5. The van der Waals surface area contributed by atoms with Crippen molar-refractivity contribution >= 4 is 11.9 Å². The lowest BCUT2D eigenvalue weighted by atomic mass is 10.2. The van der Waals surface area contributed by atoms with Gasteiger partial charge in [0.05, 0.1) is 25.3 Å². The van der Waals surface area contributed by atoms with Crippen LogP contribution in [-0.4, -0.2) is 26.2 Å². The molecule has 0 fully saturated rings. The lowest BCUT2D eigenvalue weighted by Gasteiger charge is -2.00. The van der Waals surface area contributed by atoms with E-state index < -0.39 is 11.9 Å². The van der Waals surface area contributed by atoms with Gasteiger partial charge in [0.2, 0.25) is 0 Å². The summed E-state index contributed by atoms with van der Waals surface area (Å²) in [6, 6.07) is 12.9. The van der Waals surface area contributed by atoms with Gasteiger partial charge in [0.1, 0.15) is 11.5 Å². The summed E-state index contributed by atoms with van der Waals surface area (Å²) in [7, 11) is 3.10. The molecule has 0 spiro atoms. The lowest BCUT2D eigenvalue weighted by Crippen LogP contribution is -2.09. The summed E-state index contributed by atoms with van der Waals surface area (Å²) >= 11 is 0. The Balaban J connectivity index is 0.000000240. The molecule has 0 bridgehead atoms. The SMILES string of the molecule is COc1ccc(C(=O)ON)cc1.COc1ccc(C(=O)ON)cc1. The Labute approximate surface area is 138 Å². The Kier molecular flexibility index (Phi) is 7.76. The second-order valence-corrected chi connectivity index (χ2v) is 4.27. The second-order valence-electron chi connectivity index (χ2n) is 4.27. The molecule has 2 rings (SSSR count). The van der Waals surface area contributed by atoms with E-state index in [-0.39, 0.29) is 0 Å². The van der Waals surface area contributed by atoms with Gasteiger partial charge in [0.25, 0.3) is 0 Å². The molecule has 0 aliphatic carbocycles. The summed E-state index contributed by atoms with van der Waals surface area (Å²) in [6.45, 7) is 0. The van der Waals surface area contributed by atoms with Gasteiger partial charge in [-0.3, -0.25) is 0 Å². The van der Waals surface area contributed by atoms with Gasteiger partial charge in [-0.1, -0.05) is 0 Å². The fourth-order valence-electron chi connectivity index (χ4n) is 1.59. The molecule has 0 unspecified atom stereocenters. The highest BCUT2D eigenvalue weighted by molar-refractivity contribution is 5.89. The summed E-state index contributed by atoms with van der Waals surface area (Å²) in [5.41, 5.74) is 0.802. The van der Waals surface area contributed by atoms with Crippen LogP contribution in [0.15, 0.2) is 48.5 Å². The maximum Gasteiger partial charge on any atom is 0.356 e. The zero-order valence-electron chi connectivity index (χ0n) is 13.2. The Bertz CT molecular complexity index is 596. The molecule has 128 valence electrons. The molecule has 2 aromatic rings. The number of hydrogen-bond donors (Lipinski definition) is 2. The fraction of sp³-hybridized carbons (Fsp3) is 0.125. The number of nitrogens with two attached hydrogens (primary N) is 2. The summed E-state index contributed by atoms with van der Waals surface area (Å²) in [4.78, 5) is 29.7. The van der Waals surface area contributed by atoms with Crippen molar-refractivity contribution in [1.82, 2.24) is 0 Å². The minimum atomic E-state index is -0.558. The van der Waals surface area contributed by atoms with Crippen LogP contribution in [0.25, 0.3) is 0 Å². The number of hydrogen-bond acceptors (Lipinski definition) is 8. The highest BCUT2D eigenvalue weighted by Gasteiger charge is 2.05. The fourth-order valence-corrected chi connectivity index (χ4v) is 1.59. The molecule has 2 aromatic carbocycles. The van der Waals surface area contributed by atoms with Crippen LogP contribution in [0.3, 0.4) is 0 Å². The molecule has 0 amide bonds. The molecule has 0 heterocycles. The van der Waals surface area contributed by atoms with E-state index in [0.29, 0.717) is 22.6 Å². The molecular formula is C16H18N2O6. The average Bonchev–Trinajstić information content (AvgIpc) is 2.67. The number of ether oxygens (including phenoxy) is 2. The van der Waals surface area contributed by atoms with Crippen molar-refractivity contribution in [2.24, 2.45) is 11.8 Å². The van der Waals surface area contributed by atoms with Gasteiger partial charge in [-0.15, -0.1) is 0 Å². The molecule has 8 heteroatoms. The smallest absolute Gasteiger partial charge is 0.356 e. The van der Waals surface area contributed by atoms with E-state index in [1.165, 1.54) is 0 Å². The van der Waals surface area contributed by atoms with Crippen molar-refractivity contribution in [3.05, 3.63) is 59.7 Å². The topological polar surface area (TPSA) is 123 Å². The van der Waals surface area contributed by atoms with Gasteiger partial charge in [0.15, 0.2) is 0 Å². The summed E-state index contributed by atoms with van der Waals surface area (Å²) in [6.07, 6.45) is 0. The van der Waals surface area contributed by atoms with E-state index in [4.69, 9.17) is 21.3 Å². The minimum Gasteiger partial charge on any atom is -0.497 e. The van der Waals surface area contributed by atoms with Crippen molar-refractivity contribution < 1.29 is 28.7 Å². The van der Waals surface area contributed by atoms with Gasteiger partial charge in [-0.05, 0) is 48.5 Å². The monoisotopic (exact) mass is 334 g/mol. The quantitative estimate of drug-likeness (QED) is 0.805. The number of carbonyl (C=O) groups is 2. The molecule has 0 radical (unpaired) electrons. The van der Waals surface area contributed by atoms with E-state index in [2.05, 4.69) is 9.68 Å². The second kappa shape index (κ2) is 9.82. The van der Waals surface area contributed by atoms with Gasteiger partial charge in [-0.25, -0.2) is 9.59 Å². The molecule has 24 heavy (non-hydrogen) atoms. The zero-order valence-corrected chi connectivity index (χ0v) is 13.2. The van der Waals surface area contributed by atoms with Crippen molar-refractivity contribution in [1.29, 1.82) is 0 Å². The van der Waals surface area contributed by atoms with Crippen LogP contribution in [0.5, 0.6) is 11.5 Å². The third kappa shape index (κ3) is 5.59. The number of methoxy groups -OCH3 is 2. The van der Waals surface area contributed by atoms with Crippen LogP contribution in [-0.2, 0) is 9.68 Å². The normalized spacial score (nSPS) is 9.17. The van der Waals surface area contributed by atoms with Crippen molar-refractivity contribution in [2.75, 3.05) is 14.2 Å². The first-order valence-electron chi connectivity index (χ1n) is 6.66. The van der Waals surface area contributed by atoms with Crippen LogP contribution >= 0.6 is 0 Å². The largest absolute Gasteiger partial charge is 0.497 e. The highest BCUT2D eigenvalue weighted by atomic mass is 16.7. The van der Waals surface area contributed by atoms with Gasteiger partial charge >= 0.3 is 11.9 Å². The van der Waals surface area contributed by atoms with Gasteiger partial charge < -0.3 is 19.1 Å². The Hall–Kier alpha value is -3.10. The Morgan fingerprint density at radius 1 is 0.667 bits per heavy atom. The van der Waals surface area contributed by atoms with Crippen LogP contribution in [0.4, 0.5) is 0 Å². The predicted molar refractivity (Wildman–Crippen MR) is 85.2 cm³/mol. The predicted octanol–water partition coefficient (Wildman–Crippen LogP) is 1.45. The number of benzene rings is 2. The molecule has 0 saturated carbocycles. The molecule has 4 N–H and O–H groups in total. The van der Waals surface area contributed by atoms with E-state index >= 15 is 0 Å². The van der Waals surface area contributed by atoms with E-state index in [9.17, 15) is 9.59 Å². The van der Waals surface area contributed by atoms with Crippen LogP contribution in [0, 0.1) is 0 Å². The number of carbonyl (C=O) groups excluding carboxylic acids is 2. The van der Waals surface area contributed by atoms with Crippen LogP contribution in [0.1, 0.15) is 20.7 Å². The van der Waals surface area contributed by atoms with E-state index in [1.807, 2.05) is 0 Å². The van der Waals surface area contributed by atoms with E-state index in [0.717, 1.165) is 0 Å². The summed E-state index contributed by atoms with van der Waals surface area (Å²) < 4.78 is 9.80. The molecular weight excluding hydrogens is 316 g/mol. The zero-order chi connectivity index (χ0) is 17.9. The molecule has 0 aromatic heterocycles. The minimum absolute atomic E-state index is 0.401. The molecule has 0 atom stereocenters. The average molecular weight is 334 g/mol. The van der Waals surface area contributed by atoms with Gasteiger partial charge in [-0.2, -0.15) is 11.8 Å². The standard InChI is InChI=1S/2C8H9NO3/c2*1-11-7-4-2-6(3-5-7)8(10)12-9/h2*2-5H,9H2,1H3. The maximum atomic E-state index is 10.8. The lowest BCUT2D eigenvalue weighted by molar-refractivity contribution is 0.0495. The highest BCUT2D eigenvalue weighted by Crippen LogP contribution is 2.12. The van der Waals surface area contributed by atoms with Crippen molar-refractivity contribution in [2.45, 2.75) is 0 Å². The third-order valence-electron chi connectivity index (χ3n) is 2.87. The summed E-state index contributed by atoms with van der Waals surface area (Å²) in [5.74, 6) is 9.64. The first kappa shape index (κ1) is 18.9. The van der Waals surface area contributed by atoms with Crippen LogP contribution in [0.2, 0.25) is 0 Å². The molecule has 0 saturated heterocycles. The van der Waals surface area contributed by atoms with E-state index in [1.54, 1.807) is 62.8 Å². The summed E-state index contributed by atoms with van der Waals surface area (Å²) in [5, 5.41) is 0. The first-order valence-corrected chi connectivity index (χ1v) is 6.66. The molecule has 0 aliphatic rings. The Morgan fingerprint density at radius 2 is 0.958 bits per heavy atom. The van der Waals surface area contributed by atoms with Gasteiger partial charge in [0, 0.05) is 0 Å². The third-order valence-corrected chi connectivity index (χ3v) is 2.87. The maximum absolute atomic E-state index is 10.8. The Morgan fingerprint density at radius 3 is 1.17 bits per heavy atom. The number of rotatable bonds is 4.